The summed E-state index contributed by atoms with van der Waals surface area (Å²) in [5, 5.41) is 9.00. The average Bonchev–Trinajstić information content (AvgIpc) is 2.59. The van der Waals surface area contributed by atoms with Crippen LogP contribution >= 0.6 is 0 Å². The Morgan fingerprint density at radius 3 is 2.71 bits per heavy atom. The minimum Gasteiger partial charge on any atom is -0.475 e. The molecule has 0 unspecified atom stereocenters. The zero-order valence-corrected chi connectivity index (χ0v) is 8.94. The van der Waals surface area contributed by atoms with Gasteiger partial charge in [-0.2, -0.15) is 0 Å². The molecule has 3 rings (SSSR count). The fourth-order valence-corrected chi connectivity index (χ4v) is 1.94. The molecule has 5 heteroatoms. The van der Waals surface area contributed by atoms with E-state index >= 15 is 0 Å². The Kier molecular flexibility index (Phi) is 2.07. The minimum absolute atomic E-state index is 0.215. The molecule has 0 bridgehead atoms. The van der Waals surface area contributed by atoms with E-state index in [0.29, 0.717) is 0 Å². The molecule has 1 aromatic carbocycles. The molecule has 1 aliphatic heterocycles. The van der Waals surface area contributed by atoms with Crippen LogP contribution in [-0.4, -0.2) is 24.2 Å². The van der Waals surface area contributed by atoms with Crippen molar-refractivity contribution in [1.29, 1.82) is 0 Å². The first-order valence-corrected chi connectivity index (χ1v) is 5.36. The van der Waals surface area contributed by atoms with E-state index in [1.165, 1.54) is 12.1 Å². The highest BCUT2D eigenvalue weighted by atomic mass is 19.1. The number of rotatable bonds is 2. The number of hydrogen-bond donors (Lipinski definition) is 1. The molecule has 0 saturated carbocycles. The fourth-order valence-electron chi connectivity index (χ4n) is 1.94. The van der Waals surface area contributed by atoms with Gasteiger partial charge in [-0.05, 0) is 12.5 Å². The molecule has 88 valence electrons. The van der Waals surface area contributed by atoms with Crippen molar-refractivity contribution < 1.29 is 18.7 Å². The van der Waals surface area contributed by atoms with Gasteiger partial charge in [0.15, 0.2) is 0 Å². The summed E-state index contributed by atoms with van der Waals surface area (Å²) in [6.45, 7) is 1.80. The van der Waals surface area contributed by atoms with Gasteiger partial charge in [-0.25, -0.2) is 9.18 Å². The summed E-state index contributed by atoms with van der Waals surface area (Å²) in [6.07, 6.45) is 1.10. The van der Waals surface area contributed by atoms with Crippen LogP contribution in [0.4, 0.5) is 10.1 Å². The number of hydrogen-bond acceptors (Lipinski definition) is 3. The fraction of sp³-hybridized carbons (Fsp3) is 0.250. The number of fused-ring (bicyclic) bond motifs is 1. The quantitative estimate of drug-likeness (QED) is 0.868. The molecule has 4 nitrogen and oxygen atoms in total. The van der Waals surface area contributed by atoms with E-state index in [2.05, 4.69) is 0 Å². The average molecular weight is 235 g/mol. The van der Waals surface area contributed by atoms with E-state index in [1.807, 2.05) is 4.90 Å². The molecule has 0 atom stereocenters. The van der Waals surface area contributed by atoms with Gasteiger partial charge in [0.1, 0.15) is 11.4 Å². The zero-order chi connectivity index (χ0) is 12.0. The predicted octanol–water partition coefficient (Wildman–Crippen LogP) is 2.48. The number of aromatic carboxylic acids is 1. The lowest BCUT2D eigenvalue weighted by Crippen LogP contribution is -2.36. The number of halogens is 1. The van der Waals surface area contributed by atoms with E-state index in [4.69, 9.17) is 9.52 Å². The second-order valence-electron chi connectivity index (χ2n) is 4.10. The van der Waals surface area contributed by atoms with Crippen LogP contribution in [0.25, 0.3) is 11.0 Å². The van der Waals surface area contributed by atoms with Crippen molar-refractivity contribution in [2.75, 3.05) is 18.0 Å². The van der Waals surface area contributed by atoms with E-state index in [1.54, 1.807) is 6.07 Å². The number of furan rings is 1. The maximum atomic E-state index is 13.8. The van der Waals surface area contributed by atoms with E-state index in [0.717, 1.165) is 25.2 Å². The maximum absolute atomic E-state index is 13.8. The highest BCUT2D eigenvalue weighted by Gasteiger charge is 2.19. The molecule has 0 amide bonds. The van der Waals surface area contributed by atoms with Gasteiger partial charge in [0.2, 0.25) is 5.76 Å². The first kappa shape index (κ1) is 10.1. The van der Waals surface area contributed by atoms with Gasteiger partial charge < -0.3 is 14.4 Å². The summed E-state index contributed by atoms with van der Waals surface area (Å²) >= 11 is 0. The van der Waals surface area contributed by atoms with Crippen LogP contribution in [0.15, 0.2) is 22.6 Å². The van der Waals surface area contributed by atoms with Crippen LogP contribution in [0.3, 0.4) is 0 Å². The van der Waals surface area contributed by atoms with Crippen molar-refractivity contribution in [3.8, 4) is 0 Å². The summed E-state index contributed by atoms with van der Waals surface area (Å²) in [5.41, 5.74) is 1.02. The third kappa shape index (κ3) is 1.54. The summed E-state index contributed by atoms with van der Waals surface area (Å²) < 4.78 is 18.9. The van der Waals surface area contributed by atoms with Gasteiger partial charge in [-0.3, -0.25) is 0 Å². The normalized spacial score (nSPS) is 15.0. The summed E-state index contributed by atoms with van der Waals surface area (Å²) in [7, 11) is 0. The van der Waals surface area contributed by atoms with Crippen LogP contribution in [0.5, 0.6) is 0 Å². The van der Waals surface area contributed by atoms with E-state index < -0.39 is 11.8 Å². The van der Waals surface area contributed by atoms with Gasteiger partial charge in [-0.15, -0.1) is 0 Å². The Morgan fingerprint density at radius 2 is 2.12 bits per heavy atom. The molecule has 1 saturated heterocycles. The van der Waals surface area contributed by atoms with Gasteiger partial charge >= 0.3 is 5.97 Å². The molecule has 0 spiro atoms. The van der Waals surface area contributed by atoms with Crippen molar-refractivity contribution in [1.82, 2.24) is 0 Å². The molecule has 1 N–H and O–H groups in total. The highest BCUT2D eigenvalue weighted by Crippen LogP contribution is 2.30. The van der Waals surface area contributed by atoms with Crippen molar-refractivity contribution in [2.24, 2.45) is 0 Å². The van der Waals surface area contributed by atoms with Gasteiger partial charge in [0.05, 0.1) is 5.39 Å². The molecular weight excluding hydrogens is 225 g/mol. The Bertz CT molecular complexity index is 601. The second kappa shape index (κ2) is 3.48. The van der Waals surface area contributed by atoms with Crippen LogP contribution in [0.2, 0.25) is 0 Å². The largest absolute Gasteiger partial charge is 0.475 e. The Hall–Kier alpha value is -2.04. The smallest absolute Gasteiger partial charge is 0.371 e. The molecule has 0 aliphatic carbocycles. The SMILES string of the molecule is O=C(O)c1cc2c(F)cc(N3CCC3)cc2o1. The standard InChI is InChI=1S/C12H10FNO3/c13-9-4-7(14-2-1-3-14)5-10-8(9)6-11(17-10)12(15)16/h4-6H,1-3H2,(H,15,16). The number of carboxylic acids is 1. The van der Waals surface area contributed by atoms with E-state index in [9.17, 15) is 9.18 Å². The predicted molar refractivity (Wildman–Crippen MR) is 60.0 cm³/mol. The lowest BCUT2D eigenvalue weighted by Gasteiger charge is -2.33. The molecule has 1 fully saturated rings. The minimum atomic E-state index is -1.19. The van der Waals surface area contributed by atoms with Crippen molar-refractivity contribution >= 4 is 22.6 Å². The molecule has 2 aromatic rings. The van der Waals surface area contributed by atoms with E-state index in [-0.39, 0.29) is 16.7 Å². The molecule has 0 radical (unpaired) electrons. The lowest BCUT2D eigenvalue weighted by molar-refractivity contribution is 0.0665. The number of nitrogens with zero attached hydrogens (tertiary/aromatic N) is 1. The first-order chi connectivity index (χ1) is 8.15. The van der Waals surface area contributed by atoms with Crippen molar-refractivity contribution in [2.45, 2.75) is 6.42 Å². The third-order valence-corrected chi connectivity index (χ3v) is 3.00. The second-order valence-corrected chi connectivity index (χ2v) is 4.10. The molecular formula is C12H10FNO3. The molecule has 17 heavy (non-hydrogen) atoms. The number of benzene rings is 1. The Labute approximate surface area is 96.2 Å². The third-order valence-electron chi connectivity index (χ3n) is 3.00. The summed E-state index contributed by atoms with van der Waals surface area (Å²) in [5.74, 6) is -1.87. The Balaban J connectivity index is 2.14. The molecule has 1 aromatic heterocycles. The zero-order valence-electron chi connectivity index (χ0n) is 8.94. The molecule has 1 aliphatic rings. The number of anilines is 1. The maximum Gasteiger partial charge on any atom is 0.371 e. The molecule has 2 heterocycles. The topological polar surface area (TPSA) is 53.7 Å². The van der Waals surface area contributed by atoms with Crippen LogP contribution < -0.4 is 4.90 Å². The van der Waals surface area contributed by atoms with Crippen molar-refractivity contribution in [3.63, 3.8) is 0 Å². The van der Waals surface area contributed by atoms with Gasteiger partial charge in [-0.1, -0.05) is 0 Å². The van der Waals surface area contributed by atoms with Gasteiger partial charge in [0.25, 0.3) is 0 Å². The van der Waals surface area contributed by atoms with Crippen LogP contribution in [0.1, 0.15) is 17.0 Å². The first-order valence-electron chi connectivity index (χ1n) is 5.36. The summed E-state index contributed by atoms with van der Waals surface area (Å²) in [4.78, 5) is 12.8. The number of carboxylic acid groups (broad SMARTS) is 1. The lowest BCUT2D eigenvalue weighted by atomic mass is 10.1. The monoisotopic (exact) mass is 235 g/mol. The van der Waals surface area contributed by atoms with Crippen LogP contribution in [-0.2, 0) is 0 Å². The Morgan fingerprint density at radius 1 is 1.35 bits per heavy atom. The van der Waals surface area contributed by atoms with Crippen molar-refractivity contribution in [3.05, 3.63) is 29.8 Å². The van der Waals surface area contributed by atoms with Gasteiger partial charge in [0, 0.05) is 30.9 Å². The summed E-state index contributed by atoms with van der Waals surface area (Å²) in [6, 6.07) is 4.32. The van der Waals surface area contributed by atoms with Crippen LogP contribution in [0, 0.1) is 5.82 Å². The highest BCUT2D eigenvalue weighted by molar-refractivity contribution is 5.92. The number of carbonyl (C=O) groups is 1.